The Morgan fingerprint density at radius 3 is 2.37 bits per heavy atom. The van der Waals surface area contributed by atoms with E-state index in [1.54, 1.807) is 0 Å². The summed E-state index contributed by atoms with van der Waals surface area (Å²) in [6.45, 7) is 0.308. The van der Waals surface area contributed by atoms with Gasteiger partial charge in [-0.15, -0.1) is 0 Å². The van der Waals surface area contributed by atoms with Gasteiger partial charge in [-0.05, 0) is 31.2 Å². The number of hydrogen-bond donors (Lipinski definition) is 3. The molecule has 6 heteroatoms. The van der Waals surface area contributed by atoms with Crippen LogP contribution in [0.5, 0.6) is 0 Å². The summed E-state index contributed by atoms with van der Waals surface area (Å²) in [4.78, 5) is 0. The first-order valence-corrected chi connectivity index (χ1v) is 8.10. The van der Waals surface area contributed by atoms with Gasteiger partial charge in [-0.1, -0.05) is 30.3 Å². The third-order valence-corrected chi connectivity index (χ3v) is 4.57. The molecule has 0 bridgehead atoms. The van der Waals surface area contributed by atoms with Gasteiger partial charge in [0.1, 0.15) is 0 Å². The van der Waals surface area contributed by atoms with Gasteiger partial charge in [-0.3, -0.25) is 0 Å². The normalized spacial score (nSPS) is 24.3. The summed E-state index contributed by atoms with van der Waals surface area (Å²) in [5, 5.41) is 0. The van der Waals surface area contributed by atoms with Crippen molar-refractivity contribution in [1.29, 1.82) is 0 Å². The highest BCUT2D eigenvalue weighted by molar-refractivity contribution is 7.87. The van der Waals surface area contributed by atoms with E-state index >= 15 is 0 Å². The highest BCUT2D eigenvalue weighted by Gasteiger charge is 2.22. The molecular formula is C13H21N3O2S. The highest BCUT2D eigenvalue weighted by Crippen LogP contribution is 2.17. The Balaban J connectivity index is 1.82. The molecule has 1 aliphatic rings. The Kier molecular flexibility index (Phi) is 4.93. The zero-order chi connectivity index (χ0) is 13.7. The average molecular weight is 283 g/mol. The molecule has 2 rings (SSSR count). The molecule has 1 saturated carbocycles. The largest absolute Gasteiger partial charge is 0.328 e. The number of benzene rings is 1. The van der Waals surface area contributed by atoms with E-state index in [-0.39, 0.29) is 12.1 Å². The van der Waals surface area contributed by atoms with Gasteiger partial charge in [0.05, 0.1) is 0 Å². The lowest BCUT2D eigenvalue weighted by molar-refractivity contribution is 0.372. The Labute approximate surface area is 114 Å². The number of nitrogens with two attached hydrogens (primary N) is 1. The van der Waals surface area contributed by atoms with Gasteiger partial charge in [0.15, 0.2) is 0 Å². The molecule has 0 aromatic heterocycles. The van der Waals surface area contributed by atoms with Gasteiger partial charge < -0.3 is 5.73 Å². The van der Waals surface area contributed by atoms with Crippen LogP contribution in [0.1, 0.15) is 31.2 Å². The molecule has 1 aliphatic carbocycles. The Morgan fingerprint density at radius 1 is 1.11 bits per heavy atom. The molecule has 4 N–H and O–H groups in total. The van der Waals surface area contributed by atoms with Crippen molar-refractivity contribution in [3.05, 3.63) is 35.9 Å². The van der Waals surface area contributed by atoms with Crippen molar-refractivity contribution in [3.8, 4) is 0 Å². The maximum Gasteiger partial charge on any atom is 0.277 e. The summed E-state index contributed by atoms with van der Waals surface area (Å²) >= 11 is 0. The monoisotopic (exact) mass is 283 g/mol. The van der Waals surface area contributed by atoms with E-state index in [2.05, 4.69) is 9.44 Å². The van der Waals surface area contributed by atoms with Crippen LogP contribution in [0.2, 0.25) is 0 Å². The minimum absolute atomic E-state index is 0.00748. The predicted octanol–water partition coefficient (Wildman–Crippen LogP) is 0.881. The van der Waals surface area contributed by atoms with Crippen LogP contribution in [0.15, 0.2) is 30.3 Å². The highest BCUT2D eigenvalue weighted by atomic mass is 32.2. The fourth-order valence-corrected chi connectivity index (χ4v) is 3.39. The molecule has 0 amide bonds. The first-order chi connectivity index (χ1) is 9.05. The lowest BCUT2D eigenvalue weighted by Crippen LogP contribution is -2.45. The third kappa shape index (κ3) is 4.91. The predicted molar refractivity (Wildman–Crippen MR) is 75.6 cm³/mol. The van der Waals surface area contributed by atoms with Crippen molar-refractivity contribution in [3.63, 3.8) is 0 Å². The van der Waals surface area contributed by atoms with Crippen LogP contribution in [0.4, 0.5) is 0 Å². The van der Waals surface area contributed by atoms with Crippen LogP contribution in [-0.2, 0) is 16.8 Å². The molecule has 0 aliphatic heterocycles. The molecule has 0 unspecified atom stereocenters. The number of nitrogens with one attached hydrogen (secondary N) is 2. The number of rotatable bonds is 5. The smallest absolute Gasteiger partial charge is 0.277 e. The minimum Gasteiger partial charge on any atom is -0.328 e. The second-order valence-corrected chi connectivity index (χ2v) is 6.57. The maximum atomic E-state index is 11.9. The summed E-state index contributed by atoms with van der Waals surface area (Å²) in [5.74, 6) is 0. The minimum atomic E-state index is -3.44. The molecule has 0 atom stereocenters. The molecule has 0 radical (unpaired) electrons. The van der Waals surface area contributed by atoms with E-state index in [1.807, 2.05) is 30.3 Å². The second kappa shape index (κ2) is 6.47. The van der Waals surface area contributed by atoms with Crippen molar-refractivity contribution in [2.24, 2.45) is 5.73 Å². The Bertz CT molecular complexity index is 482. The van der Waals surface area contributed by atoms with Crippen molar-refractivity contribution < 1.29 is 8.42 Å². The van der Waals surface area contributed by atoms with Crippen molar-refractivity contribution in [2.45, 2.75) is 44.3 Å². The maximum absolute atomic E-state index is 11.9. The zero-order valence-corrected chi connectivity index (χ0v) is 11.7. The molecule has 5 nitrogen and oxygen atoms in total. The standard InChI is InChI=1S/C13H21N3O2S/c14-12-6-8-13(9-7-12)16-19(17,18)15-10-11-4-2-1-3-5-11/h1-5,12-13,15-16H,6-10,14H2. The SMILES string of the molecule is NC1CCC(NS(=O)(=O)NCc2ccccc2)CC1. The molecular weight excluding hydrogens is 262 g/mol. The van der Waals surface area contributed by atoms with Crippen molar-refractivity contribution in [2.75, 3.05) is 0 Å². The van der Waals surface area contributed by atoms with Crippen LogP contribution < -0.4 is 15.2 Å². The van der Waals surface area contributed by atoms with E-state index in [0.717, 1.165) is 31.2 Å². The lowest BCUT2D eigenvalue weighted by atomic mass is 9.93. The van der Waals surface area contributed by atoms with Gasteiger partial charge >= 0.3 is 0 Å². The van der Waals surface area contributed by atoms with E-state index in [1.165, 1.54) is 0 Å². The van der Waals surface area contributed by atoms with Gasteiger partial charge in [-0.25, -0.2) is 0 Å². The van der Waals surface area contributed by atoms with Crippen LogP contribution in [0.25, 0.3) is 0 Å². The Hall–Kier alpha value is -0.950. The zero-order valence-electron chi connectivity index (χ0n) is 10.9. The molecule has 0 spiro atoms. The van der Waals surface area contributed by atoms with E-state index in [9.17, 15) is 8.42 Å². The average Bonchev–Trinajstić information content (AvgIpc) is 2.40. The summed E-state index contributed by atoms with van der Waals surface area (Å²) in [5.41, 5.74) is 6.75. The van der Waals surface area contributed by atoms with Gasteiger partial charge in [0.2, 0.25) is 0 Å². The summed E-state index contributed by atoms with van der Waals surface area (Å²) < 4.78 is 29.1. The first-order valence-electron chi connectivity index (χ1n) is 6.61. The van der Waals surface area contributed by atoms with Crippen LogP contribution in [0.3, 0.4) is 0 Å². The van der Waals surface area contributed by atoms with Gasteiger partial charge in [0.25, 0.3) is 10.2 Å². The van der Waals surface area contributed by atoms with E-state index in [4.69, 9.17) is 5.73 Å². The van der Waals surface area contributed by atoms with Gasteiger partial charge in [0, 0.05) is 18.6 Å². The molecule has 106 valence electrons. The van der Waals surface area contributed by atoms with E-state index < -0.39 is 10.2 Å². The van der Waals surface area contributed by atoms with Crippen LogP contribution in [0, 0.1) is 0 Å². The van der Waals surface area contributed by atoms with Crippen molar-refractivity contribution >= 4 is 10.2 Å². The molecule has 0 heterocycles. The molecule has 19 heavy (non-hydrogen) atoms. The topological polar surface area (TPSA) is 84.2 Å². The number of hydrogen-bond acceptors (Lipinski definition) is 3. The van der Waals surface area contributed by atoms with Crippen molar-refractivity contribution in [1.82, 2.24) is 9.44 Å². The summed E-state index contributed by atoms with van der Waals surface area (Å²) in [7, 11) is -3.44. The second-order valence-electron chi connectivity index (χ2n) is 5.04. The third-order valence-electron chi connectivity index (χ3n) is 3.40. The van der Waals surface area contributed by atoms with Crippen LogP contribution >= 0.6 is 0 Å². The van der Waals surface area contributed by atoms with Crippen LogP contribution in [-0.4, -0.2) is 20.5 Å². The lowest BCUT2D eigenvalue weighted by Gasteiger charge is -2.26. The molecule has 1 fully saturated rings. The fraction of sp³-hybridized carbons (Fsp3) is 0.538. The first kappa shape index (κ1) is 14.5. The summed E-state index contributed by atoms with van der Waals surface area (Å²) in [6, 6.07) is 9.69. The molecule has 1 aromatic carbocycles. The molecule has 0 saturated heterocycles. The molecule has 1 aromatic rings. The fourth-order valence-electron chi connectivity index (χ4n) is 2.27. The summed E-state index contributed by atoms with van der Waals surface area (Å²) in [6.07, 6.45) is 3.39. The quantitative estimate of drug-likeness (QED) is 0.750. The van der Waals surface area contributed by atoms with E-state index in [0.29, 0.717) is 6.54 Å². The Morgan fingerprint density at radius 2 is 1.74 bits per heavy atom. The van der Waals surface area contributed by atoms with Gasteiger partial charge in [-0.2, -0.15) is 17.9 Å².